The predicted molar refractivity (Wildman–Crippen MR) is 74.2 cm³/mol. The Morgan fingerprint density at radius 2 is 2.33 bits per heavy atom. The lowest BCUT2D eigenvalue weighted by Gasteiger charge is -2.25. The van der Waals surface area contributed by atoms with Crippen molar-refractivity contribution in [2.45, 2.75) is 25.8 Å². The molecule has 1 aromatic rings. The second kappa shape index (κ2) is 5.44. The van der Waals surface area contributed by atoms with Crippen molar-refractivity contribution in [1.82, 2.24) is 0 Å². The van der Waals surface area contributed by atoms with Gasteiger partial charge in [-0.2, -0.15) is 0 Å². The topological polar surface area (TPSA) is 40.5 Å². The molecule has 0 bridgehead atoms. The van der Waals surface area contributed by atoms with E-state index in [1.807, 2.05) is 12.1 Å². The largest absolute Gasteiger partial charge is 0.478 e. The molecule has 0 radical (unpaired) electrons. The van der Waals surface area contributed by atoms with Gasteiger partial charge >= 0.3 is 5.97 Å². The van der Waals surface area contributed by atoms with Crippen molar-refractivity contribution in [2.75, 3.05) is 11.4 Å². The van der Waals surface area contributed by atoms with E-state index in [0.717, 1.165) is 36.7 Å². The van der Waals surface area contributed by atoms with Crippen molar-refractivity contribution in [3.8, 4) is 0 Å². The summed E-state index contributed by atoms with van der Waals surface area (Å²) in [5, 5.41) is 9.39. The molecule has 3 nitrogen and oxygen atoms in total. The Morgan fingerprint density at radius 3 is 2.94 bits per heavy atom. The van der Waals surface area contributed by atoms with Crippen LogP contribution in [0.5, 0.6) is 0 Å². The maximum Gasteiger partial charge on any atom is 0.328 e. The Labute approximate surface area is 112 Å². The fourth-order valence-electron chi connectivity index (χ4n) is 2.36. The van der Waals surface area contributed by atoms with Crippen molar-refractivity contribution in [1.29, 1.82) is 0 Å². The van der Waals surface area contributed by atoms with Gasteiger partial charge in [-0.25, -0.2) is 4.79 Å². The molecule has 1 N–H and O–H groups in total. The second-order valence-corrected chi connectivity index (χ2v) is 5.00. The van der Waals surface area contributed by atoms with Crippen LogP contribution in [0.1, 0.15) is 25.3 Å². The number of carboxylic acid groups (broad SMARTS) is 1. The van der Waals surface area contributed by atoms with Crippen molar-refractivity contribution in [2.24, 2.45) is 0 Å². The molecule has 0 aromatic heterocycles. The zero-order chi connectivity index (χ0) is 13.1. The number of carbonyl (C=O) groups is 1. The first kappa shape index (κ1) is 13.0. The van der Waals surface area contributed by atoms with Gasteiger partial charge in [0, 0.05) is 29.4 Å². The van der Waals surface area contributed by atoms with Gasteiger partial charge in [0.1, 0.15) is 0 Å². The summed E-state index contributed by atoms with van der Waals surface area (Å²) in [6.07, 6.45) is 5.11. The Hall–Kier alpha value is -1.48. The van der Waals surface area contributed by atoms with Gasteiger partial charge in [0.05, 0.1) is 0 Å². The van der Waals surface area contributed by atoms with Gasteiger partial charge in [0.2, 0.25) is 0 Å². The lowest BCUT2D eigenvalue weighted by atomic mass is 10.1. The minimum absolute atomic E-state index is 0.473. The van der Waals surface area contributed by atoms with Crippen LogP contribution in [-0.4, -0.2) is 23.7 Å². The summed E-state index contributed by atoms with van der Waals surface area (Å²) in [5.74, 6) is -0.939. The molecule has 1 aliphatic rings. The summed E-state index contributed by atoms with van der Waals surface area (Å²) in [7, 11) is 0. The summed E-state index contributed by atoms with van der Waals surface area (Å²) in [5.41, 5.74) is 1.92. The molecule has 2 rings (SSSR count). The summed E-state index contributed by atoms with van der Waals surface area (Å²) < 4.78 is 0. The average Bonchev–Trinajstić information content (AvgIpc) is 2.73. The number of rotatable bonds is 3. The highest BCUT2D eigenvalue weighted by Crippen LogP contribution is 2.31. The van der Waals surface area contributed by atoms with Crippen molar-refractivity contribution >= 4 is 29.3 Å². The van der Waals surface area contributed by atoms with Gasteiger partial charge < -0.3 is 10.0 Å². The van der Waals surface area contributed by atoms with E-state index >= 15 is 0 Å². The summed E-state index contributed by atoms with van der Waals surface area (Å²) >= 11 is 6.04. The van der Waals surface area contributed by atoms with E-state index < -0.39 is 5.97 Å². The Balaban J connectivity index is 2.37. The van der Waals surface area contributed by atoms with Gasteiger partial charge in [-0.15, -0.1) is 0 Å². The number of hydrogen-bond donors (Lipinski definition) is 1. The van der Waals surface area contributed by atoms with Crippen LogP contribution in [-0.2, 0) is 4.79 Å². The number of nitrogens with zero attached hydrogens (tertiary/aromatic N) is 1. The van der Waals surface area contributed by atoms with Crippen LogP contribution < -0.4 is 4.90 Å². The number of anilines is 1. The molecule has 1 heterocycles. The van der Waals surface area contributed by atoms with Crippen LogP contribution >= 0.6 is 11.6 Å². The maximum atomic E-state index is 10.6. The van der Waals surface area contributed by atoms with E-state index in [1.165, 1.54) is 0 Å². The fourth-order valence-corrected chi connectivity index (χ4v) is 2.53. The first-order valence-electron chi connectivity index (χ1n) is 6.05. The zero-order valence-electron chi connectivity index (χ0n) is 10.3. The smallest absolute Gasteiger partial charge is 0.328 e. The van der Waals surface area contributed by atoms with E-state index in [-0.39, 0.29) is 0 Å². The van der Waals surface area contributed by atoms with E-state index in [0.29, 0.717) is 11.1 Å². The first-order valence-corrected chi connectivity index (χ1v) is 6.43. The van der Waals surface area contributed by atoms with Crippen LogP contribution in [0.4, 0.5) is 5.69 Å². The Bertz CT molecular complexity index is 485. The van der Waals surface area contributed by atoms with Crippen LogP contribution in [0.2, 0.25) is 5.02 Å². The lowest BCUT2D eigenvalue weighted by Crippen LogP contribution is -2.26. The molecule has 0 amide bonds. The molecule has 96 valence electrons. The molecule has 1 unspecified atom stereocenters. The molecule has 18 heavy (non-hydrogen) atoms. The summed E-state index contributed by atoms with van der Waals surface area (Å²) in [6.45, 7) is 3.17. The van der Waals surface area contributed by atoms with E-state index in [1.54, 1.807) is 12.1 Å². The molecular weight excluding hydrogens is 250 g/mol. The Morgan fingerprint density at radius 1 is 1.56 bits per heavy atom. The Kier molecular flexibility index (Phi) is 3.92. The SMILES string of the molecule is CC1CCCN1c1cc(Cl)ccc1/C=C/C(=O)O. The third kappa shape index (κ3) is 2.85. The standard InChI is InChI=1S/C14H16ClNO2/c1-10-3-2-8-16(10)13-9-12(15)6-4-11(13)5-7-14(17)18/h4-7,9-10H,2-3,8H2,1H3,(H,17,18)/b7-5+. The minimum Gasteiger partial charge on any atom is -0.478 e. The summed E-state index contributed by atoms with van der Waals surface area (Å²) in [6, 6.07) is 6.03. The van der Waals surface area contributed by atoms with Crippen LogP contribution in [0, 0.1) is 0 Å². The van der Waals surface area contributed by atoms with Crippen LogP contribution in [0.25, 0.3) is 6.08 Å². The molecule has 0 aliphatic carbocycles. The van der Waals surface area contributed by atoms with E-state index in [2.05, 4.69) is 11.8 Å². The number of hydrogen-bond acceptors (Lipinski definition) is 2. The predicted octanol–water partition coefficient (Wildman–Crippen LogP) is 3.43. The molecular formula is C14H16ClNO2. The van der Waals surface area contributed by atoms with Crippen molar-refractivity contribution in [3.05, 3.63) is 34.9 Å². The van der Waals surface area contributed by atoms with E-state index in [4.69, 9.17) is 16.7 Å². The molecule has 1 atom stereocenters. The van der Waals surface area contributed by atoms with Crippen molar-refractivity contribution < 1.29 is 9.90 Å². The quantitative estimate of drug-likeness (QED) is 0.852. The fraction of sp³-hybridized carbons (Fsp3) is 0.357. The molecule has 4 heteroatoms. The minimum atomic E-state index is -0.939. The highest BCUT2D eigenvalue weighted by molar-refractivity contribution is 6.31. The van der Waals surface area contributed by atoms with Gasteiger partial charge in [-0.1, -0.05) is 17.7 Å². The van der Waals surface area contributed by atoms with Crippen LogP contribution in [0.3, 0.4) is 0 Å². The first-order chi connectivity index (χ1) is 8.58. The highest BCUT2D eigenvalue weighted by atomic mass is 35.5. The maximum absolute atomic E-state index is 10.6. The third-order valence-corrected chi connectivity index (χ3v) is 3.50. The number of benzene rings is 1. The highest BCUT2D eigenvalue weighted by Gasteiger charge is 2.22. The number of aliphatic carboxylic acids is 1. The summed E-state index contributed by atoms with van der Waals surface area (Å²) in [4.78, 5) is 12.9. The van der Waals surface area contributed by atoms with Crippen molar-refractivity contribution in [3.63, 3.8) is 0 Å². The monoisotopic (exact) mass is 265 g/mol. The van der Waals surface area contributed by atoms with Gasteiger partial charge in [-0.3, -0.25) is 0 Å². The molecule has 1 saturated heterocycles. The lowest BCUT2D eigenvalue weighted by molar-refractivity contribution is -0.131. The number of carboxylic acids is 1. The normalized spacial score (nSPS) is 19.7. The second-order valence-electron chi connectivity index (χ2n) is 4.56. The molecule has 1 aliphatic heterocycles. The molecule has 1 fully saturated rings. The molecule has 0 saturated carbocycles. The zero-order valence-corrected chi connectivity index (χ0v) is 11.0. The van der Waals surface area contributed by atoms with Gasteiger partial charge in [0.15, 0.2) is 0 Å². The molecule has 1 aromatic carbocycles. The van der Waals surface area contributed by atoms with E-state index in [9.17, 15) is 4.79 Å². The van der Waals surface area contributed by atoms with Crippen LogP contribution in [0.15, 0.2) is 24.3 Å². The molecule has 0 spiro atoms. The van der Waals surface area contributed by atoms with Gasteiger partial charge in [0.25, 0.3) is 0 Å². The third-order valence-electron chi connectivity index (χ3n) is 3.26. The number of halogens is 1. The van der Waals surface area contributed by atoms with Gasteiger partial charge in [-0.05, 0) is 43.5 Å². The average molecular weight is 266 g/mol.